The van der Waals surface area contributed by atoms with E-state index in [2.05, 4.69) is 37.2 Å². The standard InChI is InChI=1S/C14H9Br2Cl2NO2/c15-8-1-4-13(12(18)5-8)21-7-14(20)19-9-2-3-10(16)11(17)6-9/h1-6H,7H2,(H,19,20). The highest BCUT2D eigenvalue weighted by molar-refractivity contribution is 9.10. The van der Waals surface area contributed by atoms with Crippen LogP contribution < -0.4 is 10.1 Å². The van der Waals surface area contributed by atoms with E-state index in [0.29, 0.717) is 21.5 Å². The predicted octanol–water partition coefficient (Wildman–Crippen LogP) is 5.54. The topological polar surface area (TPSA) is 38.3 Å². The summed E-state index contributed by atoms with van der Waals surface area (Å²) in [5.74, 6) is 0.149. The first-order valence-electron chi connectivity index (χ1n) is 5.78. The number of nitrogens with one attached hydrogen (secondary N) is 1. The van der Waals surface area contributed by atoms with E-state index in [0.717, 1.165) is 8.95 Å². The number of amides is 1. The third-order valence-electron chi connectivity index (χ3n) is 2.46. The summed E-state index contributed by atoms with van der Waals surface area (Å²) in [5.41, 5.74) is 0.596. The fraction of sp³-hybridized carbons (Fsp3) is 0.0714. The molecule has 0 saturated carbocycles. The van der Waals surface area contributed by atoms with E-state index >= 15 is 0 Å². The fourth-order valence-corrected chi connectivity index (χ4v) is 2.66. The molecule has 2 rings (SSSR count). The lowest BCUT2D eigenvalue weighted by atomic mass is 10.3. The van der Waals surface area contributed by atoms with Crippen LogP contribution in [0.3, 0.4) is 0 Å². The van der Waals surface area contributed by atoms with Gasteiger partial charge in [-0.25, -0.2) is 0 Å². The molecule has 1 amide bonds. The van der Waals surface area contributed by atoms with E-state index in [1.54, 1.807) is 36.4 Å². The van der Waals surface area contributed by atoms with Gasteiger partial charge in [-0.3, -0.25) is 4.79 Å². The molecule has 0 spiro atoms. The Kier molecular flexibility index (Phi) is 5.93. The molecule has 2 aromatic rings. The van der Waals surface area contributed by atoms with Crippen molar-refractivity contribution in [2.75, 3.05) is 11.9 Å². The van der Waals surface area contributed by atoms with Crippen molar-refractivity contribution in [2.24, 2.45) is 0 Å². The van der Waals surface area contributed by atoms with Crippen LogP contribution in [-0.4, -0.2) is 12.5 Å². The Morgan fingerprint density at radius 3 is 2.52 bits per heavy atom. The molecular formula is C14H9Br2Cl2NO2. The third kappa shape index (κ3) is 4.88. The van der Waals surface area contributed by atoms with Crippen LogP contribution in [0.5, 0.6) is 5.75 Å². The molecular weight excluding hydrogens is 445 g/mol. The summed E-state index contributed by atoms with van der Waals surface area (Å²) < 4.78 is 6.98. The number of hydrogen-bond donors (Lipinski definition) is 1. The van der Waals surface area contributed by atoms with Gasteiger partial charge in [0.05, 0.1) is 10.0 Å². The Morgan fingerprint density at radius 2 is 1.86 bits per heavy atom. The Morgan fingerprint density at radius 1 is 1.10 bits per heavy atom. The number of benzene rings is 2. The Labute approximate surface area is 148 Å². The van der Waals surface area contributed by atoms with Crippen LogP contribution in [-0.2, 0) is 4.79 Å². The Balaban J connectivity index is 1.94. The zero-order chi connectivity index (χ0) is 15.4. The molecule has 2 aromatic carbocycles. The van der Waals surface area contributed by atoms with Crippen molar-refractivity contribution in [3.8, 4) is 5.75 Å². The minimum atomic E-state index is -0.299. The SMILES string of the molecule is O=C(COc1ccc(Br)cc1Cl)Nc1ccc(Br)c(Cl)c1. The van der Waals surface area contributed by atoms with Gasteiger partial charge < -0.3 is 10.1 Å². The first-order chi connectivity index (χ1) is 9.95. The average Bonchev–Trinajstić information content (AvgIpc) is 2.42. The second-order valence-corrected chi connectivity index (χ2v) is 6.62. The van der Waals surface area contributed by atoms with E-state index in [9.17, 15) is 4.79 Å². The normalized spacial score (nSPS) is 10.3. The highest BCUT2D eigenvalue weighted by Gasteiger charge is 2.08. The van der Waals surface area contributed by atoms with E-state index in [4.69, 9.17) is 27.9 Å². The molecule has 3 nitrogen and oxygen atoms in total. The first kappa shape index (κ1) is 16.6. The van der Waals surface area contributed by atoms with Gasteiger partial charge in [0.2, 0.25) is 0 Å². The van der Waals surface area contributed by atoms with Gasteiger partial charge in [0.15, 0.2) is 6.61 Å². The number of carbonyl (C=O) groups is 1. The molecule has 0 fully saturated rings. The van der Waals surface area contributed by atoms with E-state index in [-0.39, 0.29) is 12.5 Å². The third-order valence-corrected chi connectivity index (χ3v) is 4.48. The van der Waals surface area contributed by atoms with Gasteiger partial charge >= 0.3 is 0 Å². The van der Waals surface area contributed by atoms with Gasteiger partial charge in [-0.2, -0.15) is 0 Å². The largest absolute Gasteiger partial charge is 0.482 e. The summed E-state index contributed by atoms with van der Waals surface area (Å²) >= 11 is 18.5. The Bertz CT molecular complexity index is 680. The van der Waals surface area contributed by atoms with Crippen LogP contribution in [0.15, 0.2) is 45.3 Å². The molecule has 1 N–H and O–H groups in total. The molecule has 0 saturated heterocycles. The van der Waals surface area contributed by atoms with E-state index < -0.39 is 0 Å². The molecule has 7 heteroatoms. The summed E-state index contributed by atoms with van der Waals surface area (Å²) in [4.78, 5) is 11.8. The second-order valence-electron chi connectivity index (χ2n) is 4.04. The average molecular weight is 454 g/mol. The lowest BCUT2D eigenvalue weighted by molar-refractivity contribution is -0.118. The van der Waals surface area contributed by atoms with Gasteiger partial charge in [-0.15, -0.1) is 0 Å². The van der Waals surface area contributed by atoms with Crippen LogP contribution in [0.4, 0.5) is 5.69 Å². The first-order valence-corrected chi connectivity index (χ1v) is 8.12. The number of ether oxygens (including phenoxy) is 1. The van der Waals surface area contributed by atoms with Crippen molar-refractivity contribution in [3.63, 3.8) is 0 Å². The second kappa shape index (κ2) is 7.49. The maximum absolute atomic E-state index is 11.8. The molecule has 0 heterocycles. The molecule has 0 aromatic heterocycles. The summed E-state index contributed by atoms with van der Waals surface area (Å²) in [6.45, 7) is -0.144. The number of carbonyl (C=O) groups excluding carboxylic acids is 1. The number of anilines is 1. The summed E-state index contributed by atoms with van der Waals surface area (Å²) in [6, 6.07) is 10.3. The summed E-state index contributed by atoms with van der Waals surface area (Å²) in [5, 5.41) is 3.64. The van der Waals surface area contributed by atoms with Crippen LogP contribution in [0, 0.1) is 0 Å². The molecule has 0 radical (unpaired) electrons. The lowest BCUT2D eigenvalue weighted by Gasteiger charge is -2.09. The van der Waals surface area contributed by atoms with Crippen LogP contribution in [0.2, 0.25) is 10.0 Å². The lowest BCUT2D eigenvalue weighted by Crippen LogP contribution is -2.20. The van der Waals surface area contributed by atoms with Gasteiger partial charge in [-0.1, -0.05) is 39.1 Å². The van der Waals surface area contributed by atoms with Crippen molar-refractivity contribution >= 4 is 66.7 Å². The van der Waals surface area contributed by atoms with Crippen LogP contribution >= 0.6 is 55.1 Å². The van der Waals surface area contributed by atoms with E-state index in [1.165, 1.54) is 0 Å². The van der Waals surface area contributed by atoms with Gasteiger partial charge in [0.1, 0.15) is 5.75 Å². The molecule has 0 unspecified atom stereocenters. The Hall–Kier alpha value is -0.750. The van der Waals surface area contributed by atoms with Gasteiger partial charge in [0, 0.05) is 14.6 Å². The van der Waals surface area contributed by atoms with Crippen LogP contribution in [0.25, 0.3) is 0 Å². The number of halogens is 4. The van der Waals surface area contributed by atoms with Crippen molar-refractivity contribution in [1.29, 1.82) is 0 Å². The van der Waals surface area contributed by atoms with Gasteiger partial charge in [0.25, 0.3) is 5.91 Å². The minimum Gasteiger partial charge on any atom is -0.482 e. The smallest absolute Gasteiger partial charge is 0.262 e. The fourth-order valence-electron chi connectivity index (χ4n) is 1.51. The maximum atomic E-state index is 11.8. The maximum Gasteiger partial charge on any atom is 0.262 e. The monoisotopic (exact) mass is 451 g/mol. The van der Waals surface area contributed by atoms with Crippen molar-refractivity contribution < 1.29 is 9.53 Å². The molecule has 0 aliphatic heterocycles. The van der Waals surface area contributed by atoms with E-state index in [1.807, 2.05) is 0 Å². The predicted molar refractivity (Wildman–Crippen MR) is 92.4 cm³/mol. The van der Waals surface area contributed by atoms with Crippen LogP contribution in [0.1, 0.15) is 0 Å². The number of hydrogen-bond acceptors (Lipinski definition) is 2. The quantitative estimate of drug-likeness (QED) is 0.660. The zero-order valence-corrected chi connectivity index (χ0v) is 15.2. The van der Waals surface area contributed by atoms with Crippen molar-refractivity contribution in [1.82, 2.24) is 0 Å². The molecule has 21 heavy (non-hydrogen) atoms. The zero-order valence-electron chi connectivity index (χ0n) is 10.5. The summed E-state index contributed by atoms with van der Waals surface area (Å²) in [7, 11) is 0. The molecule has 0 aliphatic carbocycles. The van der Waals surface area contributed by atoms with Crippen molar-refractivity contribution in [2.45, 2.75) is 0 Å². The van der Waals surface area contributed by atoms with Crippen molar-refractivity contribution in [3.05, 3.63) is 55.4 Å². The number of rotatable bonds is 4. The molecule has 110 valence electrons. The molecule has 0 aliphatic rings. The van der Waals surface area contributed by atoms with Gasteiger partial charge in [-0.05, 0) is 52.3 Å². The molecule has 0 bridgehead atoms. The molecule has 0 atom stereocenters. The highest BCUT2D eigenvalue weighted by atomic mass is 79.9. The summed E-state index contributed by atoms with van der Waals surface area (Å²) in [6.07, 6.45) is 0. The highest BCUT2D eigenvalue weighted by Crippen LogP contribution is 2.28. The minimum absolute atomic E-state index is 0.144.